The van der Waals surface area contributed by atoms with Gasteiger partial charge >= 0.3 is 0 Å². The third kappa shape index (κ3) is 6.54. The van der Waals surface area contributed by atoms with Gasteiger partial charge < -0.3 is 0 Å². The van der Waals surface area contributed by atoms with Gasteiger partial charge in [-0.15, -0.1) is 0 Å². The molecule has 0 unspecified atom stereocenters. The monoisotopic (exact) mass is 734 g/mol. The van der Waals surface area contributed by atoms with Crippen LogP contribution < -0.4 is 0 Å². The molecule has 1 aliphatic carbocycles. The van der Waals surface area contributed by atoms with Crippen LogP contribution in [0.25, 0.3) is 55.6 Å². The summed E-state index contributed by atoms with van der Waals surface area (Å²) in [4.78, 5) is 0. The summed E-state index contributed by atoms with van der Waals surface area (Å²) in [5, 5.41) is 0. The van der Waals surface area contributed by atoms with Gasteiger partial charge in [-0.25, -0.2) is 0 Å². The van der Waals surface area contributed by atoms with Crippen LogP contribution in [0.3, 0.4) is 0 Å². The molecule has 8 aromatic carbocycles. The van der Waals surface area contributed by atoms with E-state index in [-0.39, 0.29) is 10.8 Å². The molecule has 0 heteroatoms. The van der Waals surface area contributed by atoms with Gasteiger partial charge in [0.1, 0.15) is 0 Å². The molecule has 0 N–H and O–H groups in total. The molecule has 0 bridgehead atoms. The third-order valence-electron chi connectivity index (χ3n) is 12.0. The molecule has 0 spiro atoms. The van der Waals surface area contributed by atoms with Gasteiger partial charge in [-0.2, -0.15) is 0 Å². The van der Waals surface area contributed by atoms with E-state index in [9.17, 15) is 0 Å². The molecular formula is C57H50. The van der Waals surface area contributed by atoms with Gasteiger partial charge in [0.2, 0.25) is 0 Å². The predicted octanol–water partition coefficient (Wildman–Crippen LogP) is 15.3. The normalized spacial score (nSPS) is 13.2. The van der Waals surface area contributed by atoms with Crippen molar-refractivity contribution in [2.75, 3.05) is 0 Å². The lowest BCUT2D eigenvalue weighted by Gasteiger charge is -2.37. The first-order valence-electron chi connectivity index (χ1n) is 20.3. The van der Waals surface area contributed by atoms with Gasteiger partial charge in [-0.05, 0) is 136 Å². The number of rotatable bonds is 6. The number of hydrogen-bond donors (Lipinski definition) is 0. The average molecular weight is 735 g/mol. The van der Waals surface area contributed by atoms with Crippen molar-refractivity contribution in [3.63, 3.8) is 0 Å². The fourth-order valence-corrected chi connectivity index (χ4v) is 8.92. The SMILES string of the molecule is CC(C)(C)c1ccc2c(c1)C(c1cc(-c3ccccc3)cc(-c3ccccc3)c1)(c1cc(-c3ccccc3)cc(-c3ccccc3)c1)c1cc(C(C)(C)C)ccc1-2. The Morgan fingerprint density at radius 3 is 0.825 bits per heavy atom. The third-order valence-corrected chi connectivity index (χ3v) is 12.0. The lowest BCUT2D eigenvalue weighted by Crippen LogP contribution is -2.30. The minimum atomic E-state index is -0.657. The summed E-state index contributed by atoms with van der Waals surface area (Å²) in [6.07, 6.45) is 0. The lowest BCUT2D eigenvalue weighted by atomic mass is 9.65. The molecule has 278 valence electrons. The molecule has 9 rings (SSSR count). The molecule has 0 saturated carbocycles. The fraction of sp³-hybridized carbons (Fsp3) is 0.158. The zero-order valence-electron chi connectivity index (χ0n) is 34.0. The highest BCUT2D eigenvalue weighted by Crippen LogP contribution is 2.59. The second-order valence-electron chi connectivity index (χ2n) is 17.8. The van der Waals surface area contributed by atoms with Gasteiger partial charge in [0.15, 0.2) is 0 Å². The van der Waals surface area contributed by atoms with Crippen LogP contribution in [0.4, 0.5) is 0 Å². The van der Waals surface area contributed by atoms with Crippen LogP contribution in [-0.2, 0) is 16.2 Å². The predicted molar refractivity (Wildman–Crippen MR) is 243 cm³/mol. The van der Waals surface area contributed by atoms with Crippen LogP contribution in [-0.4, -0.2) is 0 Å². The maximum absolute atomic E-state index is 2.54. The average Bonchev–Trinajstić information content (AvgIpc) is 3.54. The molecule has 1 aliphatic rings. The smallest absolute Gasteiger partial charge is 0.0622 e. The van der Waals surface area contributed by atoms with Crippen molar-refractivity contribution in [1.82, 2.24) is 0 Å². The quantitative estimate of drug-likeness (QED) is 0.160. The largest absolute Gasteiger partial charge is 0.0714 e. The van der Waals surface area contributed by atoms with Crippen LogP contribution in [0.2, 0.25) is 0 Å². The second kappa shape index (κ2) is 14.1. The van der Waals surface area contributed by atoms with Crippen molar-refractivity contribution >= 4 is 0 Å². The van der Waals surface area contributed by atoms with Crippen molar-refractivity contribution in [2.24, 2.45) is 0 Å². The molecule has 0 radical (unpaired) electrons. The van der Waals surface area contributed by atoms with E-state index >= 15 is 0 Å². The van der Waals surface area contributed by atoms with Crippen LogP contribution in [0.5, 0.6) is 0 Å². The Hall–Kier alpha value is -6.24. The van der Waals surface area contributed by atoms with E-state index < -0.39 is 5.41 Å². The van der Waals surface area contributed by atoms with Crippen molar-refractivity contribution < 1.29 is 0 Å². The molecule has 8 aromatic rings. The maximum Gasteiger partial charge on any atom is 0.0714 e. The minimum Gasteiger partial charge on any atom is -0.0622 e. The van der Waals surface area contributed by atoms with Crippen molar-refractivity contribution in [1.29, 1.82) is 0 Å². The van der Waals surface area contributed by atoms with Gasteiger partial charge in [-0.1, -0.05) is 199 Å². The Morgan fingerprint density at radius 1 is 0.281 bits per heavy atom. The molecule has 0 heterocycles. The summed E-state index contributed by atoms with van der Waals surface area (Å²) in [5.41, 5.74) is 19.4. The van der Waals surface area contributed by atoms with E-state index in [1.165, 1.54) is 89.0 Å². The topological polar surface area (TPSA) is 0 Å². The molecule has 0 atom stereocenters. The standard InChI is InChI=1S/C57H50/c1-55(2,3)47-27-29-51-52-30-28-48(56(4,5)6)38-54(52)57(53(51)37-47,49-33-43(39-19-11-7-12-20-39)31-44(34-49)40-21-13-8-14-22-40)50-35-45(41-23-15-9-16-24-41)32-46(36-50)42-25-17-10-18-26-42/h7-38H,1-6H3. The van der Waals surface area contributed by atoms with Crippen LogP contribution >= 0.6 is 0 Å². The van der Waals surface area contributed by atoms with Crippen LogP contribution in [0.15, 0.2) is 194 Å². The zero-order chi connectivity index (χ0) is 39.4. The van der Waals surface area contributed by atoms with E-state index in [1.807, 2.05) is 0 Å². The molecule has 57 heavy (non-hydrogen) atoms. The summed E-state index contributed by atoms with van der Waals surface area (Å²) < 4.78 is 0. The highest BCUT2D eigenvalue weighted by Gasteiger charge is 2.48. The lowest BCUT2D eigenvalue weighted by molar-refractivity contribution is 0.586. The van der Waals surface area contributed by atoms with E-state index in [2.05, 4.69) is 236 Å². The fourth-order valence-electron chi connectivity index (χ4n) is 8.92. The summed E-state index contributed by atoms with van der Waals surface area (Å²) in [6, 6.07) is 73.0. The summed E-state index contributed by atoms with van der Waals surface area (Å²) in [6.45, 7) is 14.0. The maximum atomic E-state index is 2.54. The van der Waals surface area contributed by atoms with E-state index in [0.29, 0.717) is 0 Å². The second-order valence-corrected chi connectivity index (χ2v) is 17.8. The van der Waals surface area contributed by atoms with Gasteiger partial charge in [-0.3, -0.25) is 0 Å². The van der Waals surface area contributed by atoms with Crippen molar-refractivity contribution in [2.45, 2.75) is 57.8 Å². The Morgan fingerprint density at radius 2 is 0.561 bits per heavy atom. The van der Waals surface area contributed by atoms with Crippen molar-refractivity contribution in [3.8, 4) is 55.6 Å². The van der Waals surface area contributed by atoms with E-state index in [0.717, 1.165) is 0 Å². The minimum absolute atomic E-state index is 0.0473. The number of benzene rings is 8. The van der Waals surface area contributed by atoms with E-state index in [4.69, 9.17) is 0 Å². The molecule has 0 aliphatic heterocycles. The summed E-state index contributed by atoms with van der Waals surface area (Å²) in [5.74, 6) is 0. The van der Waals surface area contributed by atoms with Gasteiger partial charge in [0, 0.05) is 0 Å². The Balaban J connectivity index is 1.49. The van der Waals surface area contributed by atoms with Gasteiger partial charge in [0.25, 0.3) is 0 Å². The summed E-state index contributed by atoms with van der Waals surface area (Å²) >= 11 is 0. The summed E-state index contributed by atoms with van der Waals surface area (Å²) in [7, 11) is 0. The molecule has 0 aromatic heterocycles. The molecular weight excluding hydrogens is 685 g/mol. The first-order valence-corrected chi connectivity index (χ1v) is 20.3. The van der Waals surface area contributed by atoms with Gasteiger partial charge in [0.05, 0.1) is 5.41 Å². The first kappa shape index (κ1) is 36.4. The highest BCUT2D eigenvalue weighted by molar-refractivity contribution is 5.90. The van der Waals surface area contributed by atoms with Crippen molar-refractivity contribution in [3.05, 3.63) is 228 Å². The Labute approximate surface area is 339 Å². The molecule has 0 fully saturated rings. The van der Waals surface area contributed by atoms with E-state index in [1.54, 1.807) is 0 Å². The van der Waals surface area contributed by atoms with Crippen LogP contribution in [0, 0.1) is 0 Å². The number of fused-ring (bicyclic) bond motifs is 3. The molecule has 0 nitrogen and oxygen atoms in total. The molecule has 0 amide bonds. The molecule has 0 saturated heterocycles. The first-order chi connectivity index (χ1) is 27.5. The number of hydrogen-bond acceptors (Lipinski definition) is 0. The Bertz CT molecular complexity index is 2400. The Kier molecular flexibility index (Phi) is 8.97. The zero-order valence-corrected chi connectivity index (χ0v) is 34.0. The van der Waals surface area contributed by atoms with Crippen LogP contribution in [0.1, 0.15) is 74.9 Å². The highest BCUT2D eigenvalue weighted by atomic mass is 14.5.